The molecule has 0 unspecified atom stereocenters. The third-order valence-corrected chi connectivity index (χ3v) is 3.45. The molecule has 70 valence electrons. The van der Waals surface area contributed by atoms with Crippen LogP contribution in [-0.2, 0) is 4.79 Å². The van der Waals surface area contributed by atoms with E-state index in [0.717, 1.165) is 10.8 Å². The van der Waals surface area contributed by atoms with Gasteiger partial charge in [0.25, 0.3) is 0 Å². The van der Waals surface area contributed by atoms with E-state index in [2.05, 4.69) is 33.4 Å². The fraction of sp³-hybridized carbons (Fsp3) is 0.875. The minimum absolute atomic E-state index is 0.0745. The molecule has 1 rings (SSSR count). The largest absolute Gasteiger partial charge is 0.299 e. The van der Waals surface area contributed by atoms with Gasteiger partial charge in [-0.15, -0.1) is 0 Å². The Hall–Kier alpha value is 0.320. The van der Waals surface area contributed by atoms with Crippen molar-refractivity contribution in [2.24, 2.45) is 5.92 Å². The van der Waals surface area contributed by atoms with Gasteiger partial charge in [-0.05, 0) is 6.42 Å². The van der Waals surface area contributed by atoms with E-state index >= 15 is 0 Å². The van der Waals surface area contributed by atoms with Gasteiger partial charge >= 0.3 is 0 Å². The maximum atomic E-state index is 11.3. The quantitative estimate of drug-likeness (QED) is 0.453. The smallest absolute Gasteiger partial charge is 0.135 e. The number of halogens is 1. The highest BCUT2D eigenvalue weighted by Gasteiger charge is 2.40. The molecule has 0 aromatic rings. The molecule has 0 aromatic heterocycles. The molecule has 0 spiro atoms. The lowest BCUT2D eigenvalue weighted by atomic mass is 10.0. The van der Waals surface area contributed by atoms with Crippen molar-refractivity contribution in [2.75, 3.05) is 4.43 Å². The molecule has 1 fully saturated rings. The number of nitrogens with one attached hydrogen (secondary N) is 2. The Kier molecular flexibility index (Phi) is 3.48. The average molecular weight is 282 g/mol. The van der Waals surface area contributed by atoms with E-state index in [1.165, 1.54) is 0 Å². The van der Waals surface area contributed by atoms with Crippen LogP contribution in [0.5, 0.6) is 0 Å². The van der Waals surface area contributed by atoms with Gasteiger partial charge in [-0.3, -0.25) is 4.79 Å². The Morgan fingerprint density at radius 3 is 2.42 bits per heavy atom. The second-order valence-electron chi connectivity index (χ2n) is 3.59. The summed E-state index contributed by atoms with van der Waals surface area (Å²) in [6, 6.07) is 0. The molecule has 0 amide bonds. The van der Waals surface area contributed by atoms with Crippen molar-refractivity contribution in [2.45, 2.75) is 32.4 Å². The van der Waals surface area contributed by atoms with Crippen molar-refractivity contribution in [3.05, 3.63) is 0 Å². The minimum atomic E-state index is 0.0745. The number of Topliss-reactive ketones (excluding diaryl/α,β-unsaturated/α-hetero) is 1. The molecule has 2 N–H and O–H groups in total. The molecule has 0 bridgehead atoms. The summed E-state index contributed by atoms with van der Waals surface area (Å²) < 4.78 is 1.01. The van der Waals surface area contributed by atoms with Gasteiger partial charge in [0.05, 0.1) is 0 Å². The highest BCUT2D eigenvalue weighted by molar-refractivity contribution is 14.1. The molecule has 0 aromatic carbocycles. The number of hydrogen-bond donors (Lipinski definition) is 2. The van der Waals surface area contributed by atoms with Crippen LogP contribution < -0.4 is 10.9 Å². The summed E-state index contributed by atoms with van der Waals surface area (Å²) in [5.41, 5.74) is 6.24. The van der Waals surface area contributed by atoms with Gasteiger partial charge in [-0.25, -0.2) is 10.9 Å². The van der Waals surface area contributed by atoms with Crippen LogP contribution in [0.1, 0.15) is 26.7 Å². The van der Waals surface area contributed by atoms with Crippen molar-refractivity contribution in [1.29, 1.82) is 0 Å². The lowest BCUT2D eigenvalue weighted by molar-refractivity contribution is -0.122. The summed E-state index contributed by atoms with van der Waals surface area (Å²) in [4.78, 5) is 11.3. The number of ketones is 1. The van der Waals surface area contributed by atoms with Crippen LogP contribution in [0.25, 0.3) is 0 Å². The average Bonchev–Trinajstić information content (AvgIpc) is 2.81. The third kappa shape index (κ3) is 2.67. The first kappa shape index (κ1) is 10.4. The number of carbonyl (C=O) groups is 1. The van der Waals surface area contributed by atoms with Gasteiger partial charge in [0, 0.05) is 16.8 Å². The van der Waals surface area contributed by atoms with Crippen molar-refractivity contribution >= 4 is 28.4 Å². The van der Waals surface area contributed by atoms with Crippen molar-refractivity contribution in [3.8, 4) is 0 Å². The van der Waals surface area contributed by atoms with E-state index in [-0.39, 0.29) is 11.6 Å². The molecule has 0 aliphatic carbocycles. The SMILES string of the molecule is CC(C)C(=O)CCC1(CI)NN1. The van der Waals surface area contributed by atoms with Crippen LogP contribution >= 0.6 is 22.6 Å². The van der Waals surface area contributed by atoms with Crippen LogP contribution in [0, 0.1) is 5.92 Å². The van der Waals surface area contributed by atoms with Gasteiger partial charge < -0.3 is 0 Å². The van der Waals surface area contributed by atoms with Gasteiger partial charge in [-0.1, -0.05) is 36.4 Å². The van der Waals surface area contributed by atoms with Crippen LogP contribution in [-0.4, -0.2) is 15.9 Å². The number of hydrazine groups is 1. The summed E-state index contributed by atoms with van der Waals surface area (Å²) in [5, 5.41) is 0. The Labute approximate surface area is 86.8 Å². The molecule has 1 aliphatic heterocycles. The normalized spacial score (nSPS) is 19.7. The predicted molar refractivity (Wildman–Crippen MR) is 57.0 cm³/mol. The molecular formula is C8H15IN2O. The molecule has 12 heavy (non-hydrogen) atoms. The van der Waals surface area contributed by atoms with E-state index < -0.39 is 0 Å². The van der Waals surface area contributed by atoms with Crippen LogP contribution in [0.4, 0.5) is 0 Å². The monoisotopic (exact) mass is 282 g/mol. The third-order valence-electron chi connectivity index (χ3n) is 2.15. The molecule has 0 radical (unpaired) electrons. The van der Waals surface area contributed by atoms with Gasteiger partial charge in [-0.2, -0.15) is 0 Å². The fourth-order valence-corrected chi connectivity index (χ4v) is 1.74. The first-order chi connectivity index (χ1) is 5.59. The Balaban J connectivity index is 2.21. The highest BCUT2D eigenvalue weighted by Crippen LogP contribution is 2.21. The van der Waals surface area contributed by atoms with E-state index in [9.17, 15) is 4.79 Å². The van der Waals surface area contributed by atoms with Crippen molar-refractivity contribution in [1.82, 2.24) is 10.9 Å². The molecule has 3 nitrogen and oxygen atoms in total. The molecule has 0 saturated carbocycles. The molecule has 1 saturated heterocycles. The zero-order valence-electron chi connectivity index (χ0n) is 7.48. The lowest BCUT2D eigenvalue weighted by Crippen LogP contribution is -2.22. The maximum Gasteiger partial charge on any atom is 0.135 e. The standard InChI is InChI=1S/C8H15IN2O/c1-6(2)7(12)3-4-8(5-9)10-11-8/h6,10-11H,3-5H2,1-2H3. The molecular weight excluding hydrogens is 267 g/mol. The van der Waals surface area contributed by atoms with Gasteiger partial charge in [0.1, 0.15) is 11.4 Å². The number of rotatable bonds is 5. The molecule has 1 heterocycles. The number of carbonyl (C=O) groups excluding carboxylic acids is 1. The highest BCUT2D eigenvalue weighted by atomic mass is 127. The zero-order chi connectivity index (χ0) is 9.19. The topological polar surface area (TPSA) is 61.0 Å². The summed E-state index contributed by atoms with van der Waals surface area (Å²) >= 11 is 2.32. The predicted octanol–water partition coefficient (Wildman–Crippen LogP) is 1.23. The Bertz CT molecular complexity index is 178. The number of alkyl halides is 1. The summed E-state index contributed by atoms with van der Waals surface area (Å²) in [7, 11) is 0. The summed E-state index contributed by atoms with van der Waals surface area (Å²) in [6.45, 7) is 3.90. The van der Waals surface area contributed by atoms with Crippen LogP contribution in [0.3, 0.4) is 0 Å². The van der Waals surface area contributed by atoms with Crippen molar-refractivity contribution < 1.29 is 4.79 Å². The fourth-order valence-electron chi connectivity index (χ4n) is 0.972. The second kappa shape index (κ2) is 4.02. The first-order valence-electron chi connectivity index (χ1n) is 4.23. The molecule has 1 aliphatic rings. The van der Waals surface area contributed by atoms with E-state index in [0.29, 0.717) is 12.2 Å². The van der Waals surface area contributed by atoms with E-state index in [4.69, 9.17) is 0 Å². The van der Waals surface area contributed by atoms with E-state index in [1.807, 2.05) is 13.8 Å². The van der Waals surface area contributed by atoms with Gasteiger partial charge in [0.15, 0.2) is 0 Å². The first-order valence-corrected chi connectivity index (χ1v) is 5.75. The van der Waals surface area contributed by atoms with Crippen molar-refractivity contribution in [3.63, 3.8) is 0 Å². The summed E-state index contributed by atoms with van der Waals surface area (Å²) in [6.07, 6.45) is 1.59. The number of hydrogen-bond acceptors (Lipinski definition) is 3. The Morgan fingerprint density at radius 2 is 2.08 bits per heavy atom. The van der Waals surface area contributed by atoms with Crippen LogP contribution in [0.15, 0.2) is 0 Å². The zero-order valence-corrected chi connectivity index (χ0v) is 9.64. The summed E-state index contributed by atoms with van der Waals surface area (Å²) in [5.74, 6) is 0.532. The minimum Gasteiger partial charge on any atom is -0.299 e. The Morgan fingerprint density at radius 1 is 1.50 bits per heavy atom. The molecule has 0 atom stereocenters. The lowest BCUT2D eigenvalue weighted by Gasteiger charge is -2.08. The van der Waals surface area contributed by atoms with Gasteiger partial charge in [0.2, 0.25) is 0 Å². The maximum absolute atomic E-state index is 11.3. The van der Waals surface area contributed by atoms with E-state index in [1.54, 1.807) is 0 Å². The van der Waals surface area contributed by atoms with Crippen LogP contribution in [0.2, 0.25) is 0 Å². The molecule has 4 heteroatoms. The second-order valence-corrected chi connectivity index (χ2v) is 4.35.